The molecule has 3 aliphatic rings. The second-order valence-corrected chi connectivity index (χ2v) is 14.1. The molecule has 0 aliphatic carbocycles. The minimum absolute atomic E-state index is 0.0212. The highest BCUT2D eigenvalue weighted by Gasteiger charge is 2.45. The second-order valence-electron chi connectivity index (χ2n) is 12.5. The summed E-state index contributed by atoms with van der Waals surface area (Å²) < 4.78 is 46.8. The van der Waals surface area contributed by atoms with Crippen molar-refractivity contribution in [3.63, 3.8) is 0 Å². The summed E-state index contributed by atoms with van der Waals surface area (Å²) in [5.74, 6) is -0.274. The molecule has 0 radical (unpaired) electrons. The Morgan fingerprint density at radius 2 is 1.84 bits per heavy atom. The van der Waals surface area contributed by atoms with Crippen molar-refractivity contribution >= 4 is 37.5 Å². The third kappa shape index (κ3) is 5.32. The lowest BCUT2D eigenvalue weighted by Crippen LogP contribution is -2.43. The minimum atomic E-state index is -3.63. The summed E-state index contributed by atoms with van der Waals surface area (Å²) in [6, 6.07) is 12.0. The van der Waals surface area contributed by atoms with Crippen LogP contribution in [0.4, 0.5) is 10.2 Å². The molecule has 0 spiro atoms. The van der Waals surface area contributed by atoms with E-state index >= 15 is 4.39 Å². The molecule has 3 saturated heterocycles. The molecular formula is C32H37FN6O3S. The van der Waals surface area contributed by atoms with E-state index in [4.69, 9.17) is 14.9 Å². The van der Waals surface area contributed by atoms with Gasteiger partial charge >= 0.3 is 6.01 Å². The third-order valence-corrected chi connectivity index (χ3v) is 10.5. The number of anilines is 1. The van der Waals surface area contributed by atoms with Crippen molar-refractivity contribution in [2.24, 2.45) is 11.1 Å². The van der Waals surface area contributed by atoms with Gasteiger partial charge in [-0.3, -0.25) is 9.88 Å². The van der Waals surface area contributed by atoms with E-state index in [1.54, 1.807) is 6.20 Å². The number of aromatic nitrogens is 3. The molecule has 7 rings (SSSR count). The number of piperidine rings is 1. The molecule has 43 heavy (non-hydrogen) atoms. The zero-order chi connectivity index (χ0) is 29.8. The molecule has 3 fully saturated rings. The van der Waals surface area contributed by atoms with E-state index < -0.39 is 15.8 Å². The Morgan fingerprint density at radius 1 is 1.07 bits per heavy atom. The molecular weight excluding hydrogens is 567 g/mol. The first-order valence-electron chi connectivity index (χ1n) is 15.2. The number of aryl methyl sites for hydroxylation is 1. The fraction of sp³-hybridized carbons (Fsp3) is 0.469. The van der Waals surface area contributed by atoms with Gasteiger partial charge in [0.05, 0.1) is 16.7 Å². The van der Waals surface area contributed by atoms with Crippen molar-refractivity contribution < 1.29 is 17.5 Å². The van der Waals surface area contributed by atoms with Crippen LogP contribution in [0.5, 0.6) is 6.01 Å². The molecule has 3 aliphatic heterocycles. The monoisotopic (exact) mass is 604 g/mol. The number of halogens is 1. The predicted molar refractivity (Wildman–Crippen MR) is 166 cm³/mol. The van der Waals surface area contributed by atoms with Crippen molar-refractivity contribution in [1.82, 2.24) is 19.9 Å². The minimum Gasteiger partial charge on any atom is -0.461 e. The topological polar surface area (TPSA) is 115 Å². The maximum Gasteiger partial charge on any atom is 0.319 e. The van der Waals surface area contributed by atoms with E-state index in [9.17, 15) is 8.42 Å². The summed E-state index contributed by atoms with van der Waals surface area (Å²) in [7, 11) is -3.63. The van der Waals surface area contributed by atoms with Gasteiger partial charge in [0, 0.05) is 24.8 Å². The van der Waals surface area contributed by atoms with Gasteiger partial charge in [0.1, 0.15) is 23.6 Å². The normalized spacial score (nSPS) is 20.6. The van der Waals surface area contributed by atoms with Gasteiger partial charge in [-0.2, -0.15) is 9.97 Å². The van der Waals surface area contributed by atoms with Gasteiger partial charge in [-0.05, 0) is 80.8 Å². The molecule has 2 N–H and O–H groups in total. The van der Waals surface area contributed by atoms with Gasteiger partial charge in [0.2, 0.25) is 10.0 Å². The molecule has 1 unspecified atom stereocenters. The average molecular weight is 605 g/mol. The van der Waals surface area contributed by atoms with E-state index in [1.165, 1.54) is 0 Å². The van der Waals surface area contributed by atoms with Crippen LogP contribution in [0, 0.1) is 18.7 Å². The molecule has 226 valence electrons. The number of hydrogen-bond acceptors (Lipinski definition) is 8. The zero-order valence-electron chi connectivity index (χ0n) is 24.4. The van der Waals surface area contributed by atoms with Crippen LogP contribution < -0.4 is 14.8 Å². The number of nitrogens with zero attached hydrogens (tertiary/aromatic N) is 5. The average Bonchev–Trinajstić information content (AvgIpc) is 3.56. The van der Waals surface area contributed by atoms with Gasteiger partial charge < -0.3 is 9.64 Å². The van der Waals surface area contributed by atoms with Crippen molar-refractivity contribution in [2.75, 3.05) is 43.4 Å². The Bertz CT molecular complexity index is 1800. The summed E-state index contributed by atoms with van der Waals surface area (Å²) in [5.41, 5.74) is 2.09. The van der Waals surface area contributed by atoms with Crippen LogP contribution in [0.3, 0.4) is 0 Å². The van der Waals surface area contributed by atoms with E-state index in [0.29, 0.717) is 36.5 Å². The van der Waals surface area contributed by atoms with Gasteiger partial charge in [0.25, 0.3) is 0 Å². The fourth-order valence-corrected chi connectivity index (χ4v) is 8.55. The number of sulfonamides is 1. The Labute approximate surface area is 251 Å². The van der Waals surface area contributed by atoms with Gasteiger partial charge in [-0.15, -0.1) is 0 Å². The standard InChI is InChI=1S/C32H37FN6O3S/c1-21-7-2-9-23-10-3-11-24(26(21)23)28-27(33)29-25(17-35-28)30(38-14-4-8-22(18-38)19-43(34,40)41)37-31(36-29)42-20-32-12-5-15-39(32)16-6-13-32/h2-3,7,9-11,17,22H,4-6,8,12-16,18-20H2,1H3,(H2,34,40,41). The molecule has 0 bridgehead atoms. The number of primary sulfonamides is 1. The second kappa shape index (κ2) is 10.9. The summed E-state index contributed by atoms with van der Waals surface area (Å²) >= 11 is 0. The fourth-order valence-electron chi connectivity index (χ4n) is 7.62. The van der Waals surface area contributed by atoms with Crippen molar-refractivity contribution in [1.29, 1.82) is 0 Å². The van der Waals surface area contributed by atoms with E-state index in [-0.39, 0.29) is 34.4 Å². The quantitative estimate of drug-likeness (QED) is 0.320. The summed E-state index contributed by atoms with van der Waals surface area (Å²) in [5, 5.41) is 7.83. The summed E-state index contributed by atoms with van der Waals surface area (Å²) in [6.45, 7) is 5.69. The number of fused-ring (bicyclic) bond motifs is 3. The van der Waals surface area contributed by atoms with Crippen LogP contribution >= 0.6 is 0 Å². The van der Waals surface area contributed by atoms with E-state index in [1.807, 2.05) is 48.2 Å². The van der Waals surface area contributed by atoms with Gasteiger partial charge in [0.15, 0.2) is 5.82 Å². The first-order chi connectivity index (χ1) is 20.7. The molecule has 0 saturated carbocycles. The number of nitrogens with two attached hydrogens (primary N) is 1. The molecule has 4 aromatic rings. The predicted octanol–water partition coefficient (Wildman–Crippen LogP) is 4.80. The molecule has 1 atom stereocenters. The first-order valence-corrected chi connectivity index (χ1v) is 16.9. The van der Waals surface area contributed by atoms with Crippen LogP contribution in [0.2, 0.25) is 0 Å². The number of ether oxygens (including phenoxy) is 1. The van der Waals surface area contributed by atoms with Crippen molar-refractivity contribution in [3.05, 3.63) is 54.0 Å². The van der Waals surface area contributed by atoms with Crippen LogP contribution in [0.1, 0.15) is 44.1 Å². The Morgan fingerprint density at radius 3 is 2.60 bits per heavy atom. The van der Waals surface area contributed by atoms with Gasteiger partial charge in [-0.1, -0.05) is 36.4 Å². The number of pyridine rings is 1. The summed E-state index contributed by atoms with van der Waals surface area (Å²) in [4.78, 5) is 18.6. The molecule has 11 heteroatoms. The Kier molecular flexibility index (Phi) is 7.22. The lowest BCUT2D eigenvalue weighted by atomic mass is 9.95. The Balaban J connectivity index is 1.33. The Hall–Kier alpha value is -3.41. The largest absolute Gasteiger partial charge is 0.461 e. The van der Waals surface area contributed by atoms with Crippen LogP contribution in [-0.2, 0) is 10.0 Å². The van der Waals surface area contributed by atoms with Crippen LogP contribution in [-0.4, -0.2) is 72.3 Å². The first kappa shape index (κ1) is 28.4. The molecule has 2 aromatic heterocycles. The van der Waals surface area contributed by atoms with Crippen molar-refractivity contribution in [3.8, 4) is 17.3 Å². The van der Waals surface area contributed by atoms with E-state index in [2.05, 4.69) is 14.9 Å². The maximum absolute atomic E-state index is 16.7. The number of hydrogen-bond donors (Lipinski definition) is 1. The number of benzene rings is 2. The lowest BCUT2D eigenvalue weighted by Gasteiger charge is -2.34. The molecule has 9 nitrogen and oxygen atoms in total. The third-order valence-electron chi connectivity index (χ3n) is 9.58. The van der Waals surface area contributed by atoms with Gasteiger partial charge in [-0.25, -0.2) is 17.9 Å². The smallest absolute Gasteiger partial charge is 0.319 e. The van der Waals surface area contributed by atoms with Crippen LogP contribution in [0.15, 0.2) is 42.6 Å². The summed E-state index contributed by atoms with van der Waals surface area (Å²) in [6.07, 6.45) is 7.57. The molecule has 0 amide bonds. The van der Waals surface area contributed by atoms with Crippen LogP contribution in [0.25, 0.3) is 32.9 Å². The molecule has 2 aromatic carbocycles. The molecule has 5 heterocycles. The zero-order valence-corrected chi connectivity index (χ0v) is 25.2. The highest BCUT2D eigenvalue weighted by Crippen LogP contribution is 2.40. The maximum atomic E-state index is 16.7. The highest BCUT2D eigenvalue weighted by atomic mass is 32.2. The lowest BCUT2D eigenvalue weighted by molar-refractivity contribution is 0.108. The van der Waals surface area contributed by atoms with E-state index in [0.717, 1.165) is 68.0 Å². The highest BCUT2D eigenvalue weighted by molar-refractivity contribution is 7.89. The number of rotatable bonds is 7. The van der Waals surface area contributed by atoms with Crippen molar-refractivity contribution in [2.45, 2.75) is 51.0 Å². The SMILES string of the molecule is Cc1cccc2cccc(-c3ncc4c(N5CCCC(CS(N)(=O)=O)C5)nc(OCC56CCCN5CCC6)nc4c3F)c12.